The number of hydrogen-bond donors (Lipinski definition) is 0. The van der Waals surface area contributed by atoms with Crippen molar-refractivity contribution < 1.29 is 0 Å². The van der Waals surface area contributed by atoms with Crippen LogP contribution in [0.4, 0.5) is 34.1 Å². The van der Waals surface area contributed by atoms with E-state index in [1.807, 2.05) is 0 Å². The van der Waals surface area contributed by atoms with Crippen LogP contribution in [-0.4, -0.2) is 0 Å². The summed E-state index contributed by atoms with van der Waals surface area (Å²) in [6.07, 6.45) is 0. The molecule has 0 atom stereocenters. The van der Waals surface area contributed by atoms with E-state index < -0.39 is 0 Å². The minimum atomic E-state index is 1.08. The van der Waals surface area contributed by atoms with Gasteiger partial charge in [-0.25, -0.2) is 0 Å². The molecule has 10 aromatic rings. The highest BCUT2D eigenvalue weighted by Gasteiger charge is 2.18. The van der Waals surface area contributed by atoms with Crippen LogP contribution < -0.4 is 9.80 Å². The summed E-state index contributed by atoms with van der Waals surface area (Å²) < 4.78 is 0. The average Bonchev–Trinajstić information content (AvgIpc) is 3.36. The lowest BCUT2D eigenvalue weighted by atomic mass is 9.93. The first-order valence-corrected chi connectivity index (χ1v) is 21.2. The van der Waals surface area contributed by atoms with E-state index in [2.05, 4.69) is 277 Å². The van der Waals surface area contributed by atoms with Gasteiger partial charge in [-0.05, 0) is 128 Å². The summed E-state index contributed by atoms with van der Waals surface area (Å²) in [5, 5.41) is 0. The molecular weight excluding hydrogens is 749 g/mol. The summed E-state index contributed by atoms with van der Waals surface area (Å²) in [5.74, 6) is 0. The third kappa shape index (κ3) is 8.06. The minimum absolute atomic E-state index is 1.08. The summed E-state index contributed by atoms with van der Waals surface area (Å²) in [6.45, 7) is 0. The lowest BCUT2D eigenvalue weighted by Crippen LogP contribution is -2.10. The summed E-state index contributed by atoms with van der Waals surface area (Å²) in [4.78, 5) is 4.70. The first kappa shape index (κ1) is 38.0. The van der Waals surface area contributed by atoms with Crippen molar-refractivity contribution in [2.45, 2.75) is 0 Å². The molecule has 0 saturated heterocycles. The first-order chi connectivity index (χ1) is 30.7. The normalized spacial score (nSPS) is 10.9. The Morgan fingerprint density at radius 3 is 0.919 bits per heavy atom. The Morgan fingerprint density at radius 1 is 0.161 bits per heavy atom. The molecule has 0 aliphatic heterocycles. The fourth-order valence-corrected chi connectivity index (χ4v) is 8.36. The molecule has 0 aromatic heterocycles. The highest BCUT2D eigenvalue weighted by molar-refractivity contribution is 5.90. The average molecular weight is 793 g/mol. The van der Waals surface area contributed by atoms with Crippen LogP contribution in [-0.2, 0) is 0 Å². The molecule has 10 aromatic carbocycles. The van der Waals surface area contributed by atoms with Gasteiger partial charge in [0.05, 0.1) is 0 Å². The summed E-state index contributed by atoms with van der Waals surface area (Å²) in [7, 11) is 0. The second-order valence-corrected chi connectivity index (χ2v) is 15.4. The minimum Gasteiger partial charge on any atom is -0.310 e. The lowest BCUT2D eigenvalue weighted by Gasteiger charge is -2.27. The van der Waals surface area contributed by atoms with Crippen LogP contribution in [0, 0.1) is 0 Å². The zero-order valence-corrected chi connectivity index (χ0v) is 34.3. The standard InChI is InChI=1S/C60H44N2/c1-6-17-45(18-7-1)48-29-35-54(36-30-48)62(55-37-31-49(32-38-55)46-19-8-2-9-20-46)58-41-42-59(60(44-58)50-23-12-4-13-24-50)51-33-39-56(40-34-51)61(53-26-14-5-15-27-53)57-28-16-25-52(43-57)47-21-10-3-11-22-47/h1-44H. The fourth-order valence-electron chi connectivity index (χ4n) is 8.36. The van der Waals surface area contributed by atoms with E-state index in [0.717, 1.165) is 50.8 Å². The quantitative estimate of drug-likeness (QED) is 0.129. The van der Waals surface area contributed by atoms with Gasteiger partial charge in [0.1, 0.15) is 0 Å². The van der Waals surface area contributed by atoms with Crippen LogP contribution in [0.5, 0.6) is 0 Å². The molecule has 0 unspecified atom stereocenters. The largest absolute Gasteiger partial charge is 0.310 e. The van der Waals surface area contributed by atoms with Crippen LogP contribution in [0.1, 0.15) is 0 Å². The SMILES string of the molecule is c1ccc(-c2ccc(N(c3ccc(-c4ccccc4)cc3)c3ccc(-c4ccc(N(c5ccccc5)c5cccc(-c6ccccc6)c5)cc4)c(-c4ccccc4)c3)cc2)cc1. The van der Waals surface area contributed by atoms with Crippen LogP contribution in [0.25, 0.3) is 55.6 Å². The molecule has 0 saturated carbocycles. The number of hydrogen-bond acceptors (Lipinski definition) is 2. The van der Waals surface area contributed by atoms with Crippen molar-refractivity contribution in [2.24, 2.45) is 0 Å². The molecule has 0 radical (unpaired) electrons. The Morgan fingerprint density at radius 2 is 0.452 bits per heavy atom. The van der Waals surface area contributed by atoms with Gasteiger partial charge in [-0.15, -0.1) is 0 Å². The molecule has 10 rings (SSSR count). The molecule has 62 heavy (non-hydrogen) atoms. The molecule has 0 heterocycles. The van der Waals surface area contributed by atoms with E-state index in [4.69, 9.17) is 0 Å². The van der Waals surface area contributed by atoms with E-state index in [-0.39, 0.29) is 0 Å². The lowest BCUT2D eigenvalue weighted by molar-refractivity contribution is 1.28. The molecule has 0 aliphatic carbocycles. The maximum absolute atomic E-state index is 2.37. The van der Waals surface area contributed by atoms with Gasteiger partial charge in [0.15, 0.2) is 0 Å². The van der Waals surface area contributed by atoms with Crippen LogP contribution in [0.3, 0.4) is 0 Å². The van der Waals surface area contributed by atoms with Gasteiger partial charge in [0, 0.05) is 34.1 Å². The van der Waals surface area contributed by atoms with Gasteiger partial charge >= 0.3 is 0 Å². The van der Waals surface area contributed by atoms with Crippen molar-refractivity contribution in [2.75, 3.05) is 9.80 Å². The maximum atomic E-state index is 2.37. The fraction of sp³-hybridized carbons (Fsp3) is 0. The third-order valence-electron chi connectivity index (χ3n) is 11.5. The van der Waals surface area contributed by atoms with E-state index in [0.29, 0.717) is 0 Å². The second kappa shape index (κ2) is 17.6. The van der Waals surface area contributed by atoms with E-state index in [1.54, 1.807) is 0 Å². The first-order valence-electron chi connectivity index (χ1n) is 21.2. The zero-order valence-electron chi connectivity index (χ0n) is 34.3. The van der Waals surface area contributed by atoms with Crippen molar-refractivity contribution in [3.63, 3.8) is 0 Å². The monoisotopic (exact) mass is 792 g/mol. The molecule has 0 fully saturated rings. The Hall–Kier alpha value is -8.20. The molecular formula is C60H44N2. The predicted molar refractivity (Wildman–Crippen MR) is 263 cm³/mol. The van der Waals surface area contributed by atoms with Gasteiger partial charge in [-0.3, -0.25) is 0 Å². The molecule has 0 bridgehead atoms. The van der Waals surface area contributed by atoms with Gasteiger partial charge in [-0.2, -0.15) is 0 Å². The molecule has 0 amide bonds. The Labute approximate surface area is 364 Å². The third-order valence-corrected chi connectivity index (χ3v) is 11.5. The zero-order chi connectivity index (χ0) is 41.5. The highest BCUT2D eigenvalue weighted by atomic mass is 15.1. The number of benzene rings is 10. The van der Waals surface area contributed by atoms with Crippen molar-refractivity contribution in [3.8, 4) is 55.6 Å². The van der Waals surface area contributed by atoms with Crippen molar-refractivity contribution in [1.29, 1.82) is 0 Å². The predicted octanol–water partition coefficient (Wildman–Crippen LogP) is 17.0. The molecule has 0 spiro atoms. The summed E-state index contributed by atoms with van der Waals surface area (Å²) in [6, 6.07) is 95.6. The maximum Gasteiger partial charge on any atom is 0.0468 e. The topological polar surface area (TPSA) is 6.48 Å². The number of rotatable bonds is 11. The second-order valence-electron chi connectivity index (χ2n) is 15.4. The van der Waals surface area contributed by atoms with E-state index in [1.165, 1.54) is 38.9 Å². The smallest absolute Gasteiger partial charge is 0.0468 e. The van der Waals surface area contributed by atoms with Gasteiger partial charge in [-0.1, -0.05) is 194 Å². The summed E-state index contributed by atoms with van der Waals surface area (Å²) >= 11 is 0. The molecule has 0 aliphatic rings. The van der Waals surface area contributed by atoms with E-state index >= 15 is 0 Å². The van der Waals surface area contributed by atoms with Gasteiger partial charge in [0.2, 0.25) is 0 Å². The highest BCUT2D eigenvalue weighted by Crippen LogP contribution is 2.43. The van der Waals surface area contributed by atoms with Crippen LogP contribution >= 0.6 is 0 Å². The van der Waals surface area contributed by atoms with Crippen LogP contribution in [0.2, 0.25) is 0 Å². The Kier molecular flexibility index (Phi) is 10.8. The molecule has 2 heteroatoms. The molecule has 294 valence electrons. The number of anilines is 6. The Bertz CT molecular complexity index is 2920. The van der Waals surface area contributed by atoms with Crippen molar-refractivity contribution in [3.05, 3.63) is 267 Å². The summed E-state index contributed by atoms with van der Waals surface area (Å²) in [5.41, 5.74) is 18.4. The number of nitrogens with zero attached hydrogens (tertiary/aromatic N) is 2. The molecule has 2 nitrogen and oxygen atoms in total. The van der Waals surface area contributed by atoms with Crippen LogP contribution in [0.15, 0.2) is 267 Å². The van der Waals surface area contributed by atoms with Crippen molar-refractivity contribution >= 4 is 34.1 Å². The Balaban J connectivity index is 1.06. The molecule has 0 N–H and O–H groups in total. The van der Waals surface area contributed by atoms with Gasteiger partial charge in [0.25, 0.3) is 0 Å². The van der Waals surface area contributed by atoms with Gasteiger partial charge < -0.3 is 9.80 Å². The van der Waals surface area contributed by atoms with Crippen molar-refractivity contribution in [1.82, 2.24) is 0 Å². The van der Waals surface area contributed by atoms with E-state index in [9.17, 15) is 0 Å². The number of para-hydroxylation sites is 1.